The van der Waals surface area contributed by atoms with Crippen LogP contribution in [0.3, 0.4) is 0 Å². The smallest absolute Gasteiger partial charge is 0.237 e. The normalized spacial score (nSPS) is 31.9. The monoisotopic (exact) mass is 538 g/mol. The minimum absolute atomic E-state index is 0.000103. The van der Waals surface area contributed by atoms with Crippen LogP contribution in [-0.2, 0) is 14.8 Å². The number of benzene rings is 1. The molecular weight excluding hydrogens is 496 g/mol. The van der Waals surface area contributed by atoms with Crippen LogP contribution in [0, 0.1) is 11.8 Å². The molecule has 7 nitrogen and oxygen atoms in total. The Labute approximate surface area is 222 Å². The summed E-state index contributed by atoms with van der Waals surface area (Å²) in [4.78, 5) is 13.4. The molecule has 2 aliphatic heterocycles. The molecule has 0 radical (unpaired) electrons. The number of hydrogen-bond acceptors (Lipinski definition) is 5. The Kier molecular flexibility index (Phi) is 9.37. The van der Waals surface area contributed by atoms with Crippen molar-refractivity contribution in [2.24, 2.45) is 17.6 Å². The number of nitrogens with zero attached hydrogens (tertiary/aromatic N) is 1. The Morgan fingerprint density at radius 2 is 1.86 bits per heavy atom. The molecule has 1 aromatic rings. The fraction of sp³-hybridized carbons (Fsp3) is 0.741. The van der Waals surface area contributed by atoms with E-state index in [1.807, 2.05) is 24.3 Å². The van der Waals surface area contributed by atoms with E-state index >= 15 is 0 Å². The number of carbonyl (C=O) groups excluding carboxylic acids is 1. The Morgan fingerprint density at radius 1 is 1.14 bits per heavy atom. The van der Waals surface area contributed by atoms with E-state index in [1.165, 1.54) is 0 Å². The van der Waals surface area contributed by atoms with Gasteiger partial charge in [0.1, 0.15) is 0 Å². The van der Waals surface area contributed by atoms with E-state index in [2.05, 4.69) is 24.5 Å². The molecule has 1 aliphatic carbocycles. The van der Waals surface area contributed by atoms with Crippen LogP contribution in [0.5, 0.6) is 0 Å². The van der Waals surface area contributed by atoms with Crippen molar-refractivity contribution in [3.05, 3.63) is 34.9 Å². The van der Waals surface area contributed by atoms with Gasteiger partial charge in [0, 0.05) is 42.2 Å². The van der Waals surface area contributed by atoms with E-state index in [1.54, 1.807) is 4.31 Å². The average molecular weight is 539 g/mol. The van der Waals surface area contributed by atoms with Gasteiger partial charge in [-0.05, 0) is 68.1 Å². The number of amides is 1. The number of sulfonamides is 1. The summed E-state index contributed by atoms with van der Waals surface area (Å²) in [5.74, 6) is 0.603. The second kappa shape index (κ2) is 12.1. The molecule has 2 heterocycles. The fourth-order valence-electron chi connectivity index (χ4n) is 6.53. The lowest BCUT2D eigenvalue weighted by Crippen LogP contribution is -2.57. The highest BCUT2D eigenvalue weighted by atomic mass is 35.5. The van der Waals surface area contributed by atoms with Crippen LogP contribution in [0.1, 0.15) is 76.7 Å². The molecule has 36 heavy (non-hydrogen) atoms. The Hall–Kier alpha value is -1.19. The van der Waals surface area contributed by atoms with Crippen molar-refractivity contribution in [3.63, 3.8) is 0 Å². The molecule has 2 bridgehead atoms. The number of nitrogens with two attached hydrogens (primary N) is 1. The predicted molar refractivity (Wildman–Crippen MR) is 145 cm³/mol. The van der Waals surface area contributed by atoms with E-state index in [0.717, 1.165) is 63.5 Å². The van der Waals surface area contributed by atoms with Gasteiger partial charge in [0.15, 0.2) is 0 Å². The van der Waals surface area contributed by atoms with Crippen molar-refractivity contribution >= 4 is 27.5 Å². The maximum Gasteiger partial charge on any atom is 0.237 e. The summed E-state index contributed by atoms with van der Waals surface area (Å²) < 4.78 is 27.4. The van der Waals surface area contributed by atoms with Crippen LogP contribution < -0.4 is 16.4 Å². The lowest BCUT2D eigenvalue weighted by Gasteiger charge is -2.39. The van der Waals surface area contributed by atoms with Gasteiger partial charge < -0.3 is 16.4 Å². The number of nitrogens with one attached hydrogen (secondary N) is 2. The van der Waals surface area contributed by atoms with Gasteiger partial charge in [-0.3, -0.25) is 4.79 Å². The zero-order valence-electron chi connectivity index (χ0n) is 21.7. The molecule has 3 fully saturated rings. The molecule has 4 N–H and O–H groups in total. The molecule has 0 spiro atoms. The Morgan fingerprint density at radius 3 is 2.58 bits per heavy atom. The number of piperazine rings is 1. The van der Waals surface area contributed by atoms with Crippen LogP contribution in [0.15, 0.2) is 24.3 Å². The summed E-state index contributed by atoms with van der Waals surface area (Å²) in [6.07, 6.45) is 7.63. The number of carbonyl (C=O) groups is 1. The lowest BCUT2D eigenvalue weighted by molar-refractivity contribution is -0.124. The quantitative estimate of drug-likeness (QED) is 0.469. The van der Waals surface area contributed by atoms with Gasteiger partial charge in [0.05, 0.1) is 11.8 Å². The highest BCUT2D eigenvalue weighted by Crippen LogP contribution is 2.32. The minimum Gasteiger partial charge on any atom is -0.352 e. The molecule has 7 atom stereocenters. The topological polar surface area (TPSA) is 105 Å². The molecule has 4 rings (SSSR count). The summed E-state index contributed by atoms with van der Waals surface area (Å²) in [5.41, 5.74) is 7.59. The summed E-state index contributed by atoms with van der Waals surface area (Å²) in [5, 5.41) is 7.54. The van der Waals surface area contributed by atoms with Gasteiger partial charge in [-0.2, -0.15) is 4.31 Å². The van der Waals surface area contributed by atoms with Crippen molar-refractivity contribution in [1.29, 1.82) is 0 Å². The SMILES string of the molecule is CC(C)C(c1ccc(Cl)cc1)C(N)C(=O)N[C@H]1CCCC[C@@H]1CC[C@H]1CN[C@@H]2CCCS(=O)(=O)N1C2. The van der Waals surface area contributed by atoms with Crippen LogP contribution >= 0.6 is 11.6 Å². The number of halogens is 1. The molecule has 3 aliphatic rings. The van der Waals surface area contributed by atoms with Crippen LogP contribution in [0.4, 0.5) is 0 Å². The molecule has 1 aromatic carbocycles. The standard InChI is InChI=1S/C27H43ClN4O3S/c1-18(2)25(20-9-12-21(28)13-10-20)26(29)27(33)31-24-8-4-3-6-19(24)11-14-23-16-30-22-7-5-15-36(34,35)32(23)17-22/h9-10,12-13,18-19,22-26,30H,3-8,11,14-17,29H2,1-2H3,(H,31,33)/t19-,22-,23+,24+,25?,26?/m1/s1. The average Bonchev–Trinajstić information content (AvgIpc) is 2.96. The summed E-state index contributed by atoms with van der Waals surface area (Å²) >= 11 is 6.07. The molecule has 1 amide bonds. The first-order valence-corrected chi connectivity index (χ1v) is 15.7. The molecule has 3 unspecified atom stereocenters. The maximum absolute atomic E-state index is 13.4. The largest absolute Gasteiger partial charge is 0.352 e. The summed E-state index contributed by atoms with van der Waals surface area (Å²) in [7, 11) is -3.19. The van der Waals surface area contributed by atoms with Crippen LogP contribution in [0.2, 0.25) is 5.02 Å². The zero-order chi connectivity index (χ0) is 25.9. The molecule has 2 saturated heterocycles. The molecule has 202 valence electrons. The van der Waals surface area contributed by atoms with E-state index in [9.17, 15) is 13.2 Å². The van der Waals surface area contributed by atoms with Gasteiger partial charge in [0.2, 0.25) is 15.9 Å². The summed E-state index contributed by atoms with van der Waals surface area (Å²) in [6, 6.07) is 7.33. The van der Waals surface area contributed by atoms with Crippen molar-refractivity contribution in [2.75, 3.05) is 18.8 Å². The van der Waals surface area contributed by atoms with Gasteiger partial charge in [0.25, 0.3) is 0 Å². The maximum atomic E-state index is 13.4. The highest BCUT2D eigenvalue weighted by Gasteiger charge is 2.39. The minimum atomic E-state index is -3.19. The van der Waals surface area contributed by atoms with E-state index in [0.29, 0.717) is 17.5 Å². The molecule has 0 aromatic heterocycles. The van der Waals surface area contributed by atoms with Crippen molar-refractivity contribution in [2.45, 2.75) is 95.3 Å². The zero-order valence-corrected chi connectivity index (χ0v) is 23.2. The first kappa shape index (κ1) is 27.8. The lowest BCUT2D eigenvalue weighted by atomic mass is 9.79. The van der Waals surface area contributed by atoms with Crippen molar-refractivity contribution in [3.8, 4) is 0 Å². The second-order valence-electron chi connectivity index (χ2n) is 11.4. The first-order chi connectivity index (χ1) is 17.2. The van der Waals surface area contributed by atoms with Crippen LogP contribution in [0.25, 0.3) is 0 Å². The molecule has 1 saturated carbocycles. The summed E-state index contributed by atoms with van der Waals surface area (Å²) in [6.45, 7) is 5.49. The van der Waals surface area contributed by atoms with Gasteiger partial charge in [-0.1, -0.05) is 50.4 Å². The van der Waals surface area contributed by atoms with Crippen molar-refractivity contribution in [1.82, 2.24) is 14.9 Å². The third kappa shape index (κ3) is 6.62. The van der Waals surface area contributed by atoms with Gasteiger partial charge in [-0.25, -0.2) is 8.42 Å². The number of fused-ring (bicyclic) bond motifs is 2. The van der Waals surface area contributed by atoms with E-state index < -0.39 is 16.1 Å². The Balaban J connectivity index is 1.39. The Bertz CT molecular complexity index is 987. The van der Waals surface area contributed by atoms with E-state index in [4.69, 9.17) is 17.3 Å². The fourth-order valence-corrected chi connectivity index (χ4v) is 8.46. The highest BCUT2D eigenvalue weighted by molar-refractivity contribution is 7.89. The van der Waals surface area contributed by atoms with E-state index in [-0.39, 0.29) is 41.6 Å². The number of hydrogen-bond donors (Lipinski definition) is 3. The first-order valence-electron chi connectivity index (χ1n) is 13.7. The second-order valence-corrected chi connectivity index (χ2v) is 13.8. The molecule has 9 heteroatoms. The van der Waals surface area contributed by atoms with Gasteiger partial charge in [-0.15, -0.1) is 0 Å². The van der Waals surface area contributed by atoms with Crippen molar-refractivity contribution < 1.29 is 13.2 Å². The van der Waals surface area contributed by atoms with Crippen LogP contribution in [-0.4, -0.2) is 61.6 Å². The predicted octanol–water partition coefficient (Wildman–Crippen LogP) is 3.63. The number of rotatable bonds is 8. The third-order valence-electron chi connectivity index (χ3n) is 8.53. The molecular formula is C27H43ClN4O3S. The van der Waals surface area contributed by atoms with Gasteiger partial charge >= 0.3 is 0 Å². The third-order valence-corrected chi connectivity index (χ3v) is 10.8.